The molecule has 0 radical (unpaired) electrons. The second-order valence-electron chi connectivity index (χ2n) is 3.37. The Balaban J connectivity index is 3.20. The summed E-state index contributed by atoms with van der Waals surface area (Å²) in [6, 6.07) is 0. The fourth-order valence-electron chi connectivity index (χ4n) is 1.43. The van der Waals surface area contributed by atoms with Crippen LogP contribution >= 0.6 is 0 Å². The average molecular weight is 167 g/mol. The SMILES string of the molecule is CCc1c(C(C)C)nc(C)n1N. The maximum absolute atomic E-state index is 5.81. The van der Waals surface area contributed by atoms with Gasteiger partial charge in [0.1, 0.15) is 5.82 Å². The van der Waals surface area contributed by atoms with E-state index in [4.69, 9.17) is 5.84 Å². The van der Waals surface area contributed by atoms with E-state index in [0.717, 1.165) is 23.6 Å². The summed E-state index contributed by atoms with van der Waals surface area (Å²) in [5.74, 6) is 7.17. The van der Waals surface area contributed by atoms with E-state index in [9.17, 15) is 0 Å². The van der Waals surface area contributed by atoms with Crippen molar-refractivity contribution in [2.45, 2.75) is 40.0 Å². The van der Waals surface area contributed by atoms with Crippen LogP contribution in [0.2, 0.25) is 0 Å². The van der Waals surface area contributed by atoms with Crippen molar-refractivity contribution in [1.29, 1.82) is 0 Å². The third-order valence-electron chi connectivity index (χ3n) is 2.10. The molecule has 0 aliphatic heterocycles. The molecule has 1 heterocycles. The molecule has 0 fully saturated rings. The Kier molecular flexibility index (Phi) is 2.40. The summed E-state index contributed by atoms with van der Waals surface area (Å²) >= 11 is 0. The van der Waals surface area contributed by atoms with Gasteiger partial charge in [0.05, 0.1) is 11.4 Å². The van der Waals surface area contributed by atoms with E-state index in [1.807, 2.05) is 6.92 Å². The zero-order valence-electron chi connectivity index (χ0n) is 8.26. The Bertz CT molecular complexity index is 274. The molecule has 0 atom stereocenters. The quantitative estimate of drug-likeness (QED) is 0.680. The van der Waals surface area contributed by atoms with Gasteiger partial charge in [0, 0.05) is 0 Å². The lowest BCUT2D eigenvalue weighted by Crippen LogP contribution is -2.14. The highest BCUT2D eigenvalue weighted by Crippen LogP contribution is 2.18. The molecule has 0 saturated heterocycles. The summed E-state index contributed by atoms with van der Waals surface area (Å²) in [5, 5.41) is 0. The Labute approximate surface area is 73.6 Å². The monoisotopic (exact) mass is 167 g/mol. The number of nitrogen functional groups attached to an aromatic ring is 1. The number of rotatable bonds is 2. The second-order valence-corrected chi connectivity index (χ2v) is 3.37. The maximum Gasteiger partial charge on any atom is 0.124 e. The summed E-state index contributed by atoms with van der Waals surface area (Å²) < 4.78 is 1.69. The summed E-state index contributed by atoms with van der Waals surface area (Å²) in [5.41, 5.74) is 2.29. The molecule has 1 rings (SSSR count). The van der Waals surface area contributed by atoms with E-state index in [1.165, 1.54) is 0 Å². The van der Waals surface area contributed by atoms with Crippen molar-refractivity contribution < 1.29 is 0 Å². The van der Waals surface area contributed by atoms with E-state index in [2.05, 4.69) is 25.8 Å². The fraction of sp³-hybridized carbons (Fsp3) is 0.667. The molecule has 68 valence electrons. The number of aryl methyl sites for hydroxylation is 1. The first-order valence-corrected chi connectivity index (χ1v) is 4.41. The minimum Gasteiger partial charge on any atom is -0.338 e. The standard InChI is InChI=1S/C9H17N3/c1-5-8-9(6(2)3)11-7(4)12(8)10/h6H,5,10H2,1-4H3. The molecule has 0 unspecified atom stereocenters. The van der Waals surface area contributed by atoms with E-state index in [-0.39, 0.29) is 0 Å². The van der Waals surface area contributed by atoms with Gasteiger partial charge in [-0.3, -0.25) is 4.68 Å². The zero-order valence-corrected chi connectivity index (χ0v) is 8.26. The van der Waals surface area contributed by atoms with Crippen molar-refractivity contribution in [2.75, 3.05) is 5.84 Å². The van der Waals surface area contributed by atoms with Crippen LogP contribution in [-0.4, -0.2) is 9.66 Å². The largest absolute Gasteiger partial charge is 0.338 e. The van der Waals surface area contributed by atoms with Crippen LogP contribution in [0.15, 0.2) is 0 Å². The van der Waals surface area contributed by atoms with Gasteiger partial charge in [-0.25, -0.2) is 4.98 Å². The summed E-state index contributed by atoms with van der Waals surface area (Å²) in [6.45, 7) is 8.32. The van der Waals surface area contributed by atoms with Crippen LogP contribution in [0.5, 0.6) is 0 Å². The topological polar surface area (TPSA) is 43.8 Å². The summed E-state index contributed by atoms with van der Waals surface area (Å²) in [7, 11) is 0. The van der Waals surface area contributed by atoms with Crippen molar-refractivity contribution in [3.05, 3.63) is 17.2 Å². The fourth-order valence-corrected chi connectivity index (χ4v) is 1.43. The van der Waals surface area contributed by atoms with Crippen molar-refractivity contribution in [2.24, 2.45) is 0 Å². The van der Waals surface area contributed by atoms with Crippen LogP contribution in [0.1, 0.15) is 43.9 Å². The molecule has 0 saturated carbocycles. The number of hydrogen-bond donors (Lipinski definition) is 1. The molecular formula is C9H17N3. The number of nitrogens with zero attached hydrogens (tertiary/aromatic N) is 2. The van der Waals surface area contributed by atoms with Gasteiger partial charge >= 0.3 is 0 Å². The molecule has 12 heavy (non-hydrogen) atoms. The van der Waals surface area contributed by atoms with Crippen LogP contribution in [0, 0.1) is 6.92 Å². The van der Waals surface area contributed by atoms with E-state index >= 15 is 0 Å². The average Bonchev–Trinajstić information content (AvgIpc) is 2.29. The highest BCUT2D eigenvalue weighted by Gasteiger charge is 2.13. The van der Waals surface area contributed by atoms with Crippen LogP contribution in [0.4, 0.5) is 0 Å². The third kappa shape index (κ3) is 1.31. The summed E-state index contributed by atoms with van der Waals surface area (Å²) in [4.78, 5) is 4.42. The third-order valence-corrected chi connectivity index (χ3v) is 2.10. The highest BCUT2D eigenvalue weighted by molar-refractivity contribution is 5.20. The molecule has 3 nitrogen and oxygen atoms in total. The molecule has 0 aromatic carbocycles. The molecule has 1 aromatic heterocycles. The van der Waals surface area contributed by atoms with Gasteiger partial charge in [0.25, 0.3) is 0 Å². The van der Waals surface area contributed by atoms with Gasteiger partial charge in [-0.15, -0.1) is 0 Å². The summed E-state index contributed by atoms with van der Waals surface area (Å²) in [6.07, 6.45) is 0.949. The van der Waals surface area contributed by atoms with E-state index < -0.39 is 0 Å². The lowest BCUT2D eigenvalue weighted by Gasteiger charge is -2.04. The molecule has 1 aromatic rings. The second kappa shape index (κ2) is 3.17. The molecule has 3 heteroatoms. The Morgan fingerprint density at radius 1 is 1.50 bits per heavy atom. The van der Waals surface area contributed by atoms with Gasteiger partial charge in [-0.1, -0.05) is 20.8 Å². The molecule has 0 aliphatic carbocycles. The van der Waals surface area contributed by atoms with E-state index in [1.54, 1.807) is 4.68 Å². The van der Waals surface area contributed by atoms with Crippen LogP contribution < -0.4 is 5.84 Å². The van der Waals surface area contributed by atoms with Crippen molar-refractivity contribution in [3.63, 3.8) is 0 Å². The molecule has 0 aliphatic rings. The van der Waals surface area contributed by atoms with Crippen molar-refractivity contribution in [3.8, 4) is 0 Å². The number of hydrogen-bond acceptors (Lipinski definition) is 2. The van der Waals surface area contributed by atoms with Crippen molar-refractivity contribution >= 4 is 0 Å². The normalized spacial score (nSPS) is 11.1. The Morgan fingerprint density at radius 2 is 2.08 bits per heavy atom. The minimum atomic E-state index is 0.462. The van der Waals surface area contributed by atoms with Crippen molar-refractivity contribution in [1.82, 2.24) is 9.66 Å². The molecule has 0 amide bonds. The Morgan fingerprint density at radius 3 is 2.42 bits per heavy atom. The highest BCUT2D eigenvalue weighted by atomic mass is 15.3. The van der Waals surface area contributed by atoms with Gasteiger partial charge < -0.3 is 5.84 Å². The van der Waals surface area contributed by atoms with Gasteiger partial charge in [0.2, 0.25) is 0 Å². The van der Waals surface area contributed by atoms with Crippen LogP contribution in [-0.2, 0) is 6.42 Å². The van der Waals surface area contributed by atoms with Gasteiger partial charge in [-0.05, 0) is 19.3 Å². The number of aromatic nitrogens is 2. The van der Waals surface area contributed by atoms with Crippen LogP contribution in [0.25, 0.3) is 0 Å². The number of nitrogens with two attached hydrogens (primary N) is 1. The smallest absolute Gasteiger partial charge is 0.124 e. The number of imidazole rings is 1. The maximum atomic E-state index is 5.81. The zero-order chi connectivity index (χ0) is 9.30. The lowest BCUT2D eigenvalue weighted by molar-refractivity contribution is 0.795. The lowest BCUT2D eigenvalue weighted by atomic mass is 10.1. The molecular weight excluding hydrogens is 150 g/mol. The predicted molar refractivity (Wildman–Crippen MR) is 50.6 cm³/mol. The first-order valence-electron chi connectivity index (χ1n) is 4.41. The van der Waals surface area contributed by atoms with Gasteiger partial charge in [-0.2, -0.15) is 0 Å². The van der Waals surface area contributed by atoms with Gasteiger partial charge in [0.15, 0.2) is 0 Å². The molecule has 0 spiro atoms. The van der Waals surface area contributed by atoms with Crippen LogP contribution in [0.3, 0.4) is 0 Å². The minimum absolute atomic E-state index is 0.462. The van der Waals surface area contributed by atoms with E-state index in [0.29, 0.717) is 5.92 Å². The molecule has 2 N–H and O–H groups in total. The first kappa shape index (κ1) is 9.10. The first-order chi connectivity index (χ1) is 5.57. The predicted octanol–water partition coefficient (Wildman–Crippen LogP) is 1.59. The Hall–Kier alpha value is -0.990. The molecule has 0 bridgehead atoms.